The SMILES string of the molecule is CC(C)(C)OC(=O)N1C2C=C(c3cc(F)c(C#N)cc3F)CC1CC2. The number of ether oxygens (including phenoxy) is 1. The number of rotatable bonds is 1. The second kappa shape index (κ2) is 6.14. The quantitative estimate of drug-likeness (QED) is 0.758. The van der Waals surface area contributed by atoms with Crippen LogP contribution in [0.15, 0.2) is 18.2 Å². The Balaban J connectivity index is 1.89. The van der Waals surface area contributed by atoms with Gasteiger partial charge >= 0.3 is 6.09 Å². The highest BCUT2D eigenvalue weighted by molar-refractivity contribution is 5.75. The number of nitriles is 1. The van der Waals surface area contributed by atoms with E-state index in [-0.39, 0.29) is 29.3 Å². The molecule has 1 amide bonds. The maximum Gasteiger partial charge on any atom is 0.411 e. The van der Waals surface area contributed by atoms with Gasteiger partial charge < -0.3 is 4.74 Å². The van der Waals surface area contributed by atoms with Gasteiger partial charge in [-0.25, -0.2) is 13.6 Å². The van der Waals surface area contributed by atoms with Gasteiger partial charge in [-0.1, -0.05) is 6.08 Å². The molecule has 1 fully saturated rings. The van der Waals surface area contributed by atoms with Crippen LogP contribution in [0.4, 0.5) is 13.6 Å². The molecule has 0 spiro atoms. The molecule has 2 aliphatic rings. The number of fused-ring (bicyclic) bond motifs is 2. The van der Waals surface area contributed by atoms with E-state index in [1.807, 2.05) is 26.8 Å². The van der Waals surface area contributed by atoms with Gasteiger partial charge in [0.2, 0.25) is 0 Å². The molecule has 6 heteroatoms. The molecule has 3 rings (SSSR count). The number of hydrogen-bond acceptors (Lipinski definition) is 3. The lowest BCUT2D eigenvalue weighted by molar-refractivity contribution is 0.0175. The molecule has 25 heavy (non-hydrogen) atoms. The lowest BCUT2D eigenvalue weighted by Crippen LogP contribution is -2.45. The lowest BCUT2D eigenvalue weighted by atomic mass is 9.93. The first-order valence-corrected chi connectivity index (χ1v) is 8.31. The third kappa shape index (κ3) is 3.37. The van der Waals surface area contributed by atoms with Gasteiger partial charge in [0.15, 0.2) is 0 Å². The van der Waals surface area contributed by atoms with E-state index >= 15 is 0 Å². The Morgan fingerprint density at radius 1 is 1.28 bits per heavy atom. The molecule has 2 heterocycles. The number of hydrogen-bond donors (Lipinski definition) is 0. The Hall–Kier alpha value is -2.42. The van der Waals surface area contributed by atoms with Gasteiger partial charge in [-0.2, -0.15) is 5.26 Å². The Bertz CT molecular complexity index is 790. The zero-order valence-electron chi connectivity index (χ0n) is 14.5. The minimum absolute atomic E-state index is 0.0852. The van der Waals surface area contributed by atoms with Gasteiger partial charge in [0, 0.05) is 11.6 Å². The van der Waals surface area contributed by atoms with Crippen LogP contribution in [0.1, 0.15) is 51.2 Å². The highest BCUT2D eigenvalue weighted by atomic mass is 19.1. The Morgan fingerprint density at radius 2 is 2.00 bits per heavy atom. The van der Waals surface area contributed by atoms with Crippen molar-refractivity contribution in [1.29, 1.82) is 5.26 Å². The van der Waals surface area contributed by atoms with E-state index in [4.69, 9.17) is 10.00 Å². The maximum atomic E-state index is 14.3. The Labute approximate surface area is 145 Å². The summed E-state index contributed by atoms with van der Waals surface area (Å²) in [6, 6.07) is 3.37. The van der Waals surface area contributed by atoms with Crippen LogP contribution in [0.5, 0.6) is 0 Å². The van der Waals surface area contributed by atoms with Crippen LogP contribution in [-0.2, 0) is 4.74 Å². The molecule has 1 aromatic carbocycles. The van der Waals surface area contributed by atoms with Gasteiger partial charge in [-0.05, 0) is 57.7 Å². The third-order valence-electron chi connectivity index (χ3n) is 4.52. The molecular formula is C19H20F2N2O2. The molecule has 132 valence electrons. The average molecular weight is 346 g/mol. The van der Waals surface area contributed by atoms with Gasteiger partial charge in [0.1, 0.15) is 23.3 Å². The van der Waals surface area contributed by atoms with E-state index in [1.165, 1.54) is 0 Å². The average Bonchev–Trinajstić information content (AvgIpc) is 2.78. The lowest BCUT2D eigenvalue weighted by Gasteiger charge is -2.35. The smallest absolute Gasteiger partial charge is 0.411 e. The highest BCUT2D eigenvalue weighted by Gasteiger charge is 2.42. The number of nitrogens with zero attached hydrogens (tertiary/aromatic N) is 2. The Kier molecular flexibility index (Phi) is 4.28. The van der Waals surface area contributed by atoms with Crippen molar-refractivity contribution >= 4 is 11.7 Å². The molecule has 0 saturated carbocycles. The van der Waals surface area contributed by atoms with Crippen molar-refractivity contribution in [2.75, 3.05) is 0 Å². The topological polar surface area (TPSA) is 53.3 Å². The van der Waals surface area contributed by atoms with Crippen LogP contribution in [0.2, 0.25) is 0 Å². The van der Waals surface area contributed by atoms with Crippen molar-refractivity contribution in [3.8, 4) is 6.07 Å². The fraction of sp³-hybridized carbons (Fsp3) is 0.474. The summed E-state index contributed by atoms with van der Waals surface area (Å²) < 4.78 is 33.6. The summed E-state index contributed by atoms with van der Waals surface area (Å²) in [7, 11) is 0. The summed E-state index contributed by atoms with van der Waals surface area (Å²) in [5, 5.41) is 8.80. The normalized spacial score (nSPS) is 22.4. The summed E-state index contributed by atoms with van der Waals surface area (Å²) in [6.07, 6.45) is 3.45. The van der Waals surface area contributed by atoms with Crippen molar-refractivity contribution in [2.45, 2.75) is 57.7 Å². The van der Waals surface area contributed by atoms with E-state index < -0.39 is 17.2 Å². The van der Waals surface area contributed by atoms with E-state index in [1.54, 1.807) is 11.0 Å². The molecule has 2 bridgehead atoms. The molecule has 2 aliphatic heterocycles. The molecule has 1 saturated heterocycles. The van der Waals surface area contributed by atoms with Gasteiger partial charge in [-0.15, -0.1) is 0 Å². The van der Waals surface area contributed by atoms with Crippen LogP contribution in [0, 0.1) is 23.0 Å². The molecule has 1 aromatic rings. The van der Waals surface area contributed by atoms with Crippen LogP contribution < -0.4 is 0 Å². The minimum Gasteiger partial charge on any atom is -0.444 e. The molecule has 0 radical (unpaired) electrons. The second-order valence-corrected chi connectivity index (χ2v) is 7.51. The molecular weight excluding hydrogens is 326 g/mol. The third-order valence-corrected chi connectivity index (χ3v) is 4.52. The largest absolute Gasteiger partial charge is 0.444 e. The van der Waals surface area contributed by atoms with Crippen molar-refractivity contribution in [3.63, 3.8) is 0 Å². The number of halogens is 2. The van der Waals surface area contributed by atoms with Crippen LogP contribution in [0.3, 0.4) is 0 Å². The molecule has 2 atom stereocenters. The summed E-state index contributed by atoms with van der Waals surface area (Å²) in [6.45, 7) is 5.44. The van der Waals surface area contributed by atoms with E-state index in [9.17, 15) is 13.6 Å². The fourth-order valence-electron chi connectivity index (χ4n) is 3.51. The monoisotopic (exact) mass is 346 g/mol. The van der Waals surface area contributed by atoms with Crippen LogP contribution >= 0.6 is 0 Å². The van der Waals surface area contributed by atoms with Gasteiger partial charge in [-0.3, -0.25) is 4.90 Å². The van der Waals surface area contributed by atoms with Gasteiger partial charge in [0.05, 0.1) is 11.6 Å². The van der Waals surface area contributed by atoms with Crippen molar-refractivity contribution in [3.05, 3.63) is 41.0 Å². The zero-order chi connectivity index (χ0) is 18.4. The number of carbonyl (C=O) groups is 1. The van der Waals surface area contributed by atoms with Crippen molar-refractivity contribution in [2.24, 2.45) is 0 Å². The number of benzene rings is 1. The van der Waals surface area contributed by atoms with E-state index in [0.29, 0.717) is 12.0 Å². The van der Waals surface area contributed by atoms with Crippen LogP contribution in [-0.4, -0.2) is 28.7 Å². The first kappa shape index (κ1) is 17.4. The predicted octanol–water partition coefficient (Wildman–Crippen LogP) is 4.39. The molecule has 0 aromatic heterocycles. The molecule has 0 aliphatic carbocycles. The minimum atomic E-state index is -0.735. The van der Waals surface area contributed by atoms with E-state index in [2.05, 4.69) is 0 Å². The Morgan fingerprint density at radius 3 is 2.60 bits per heavy atom. The first-order chi connectivity index (χ1) is 11.7. The summed E-state index contributed by atoms with van der Waals surface area (Å²) in [5.41, 5.74) is -0.0514. The van der Waals surface area contributed by atoms with Crippen molar-refractivity contribution in [1.82, 2.24) is 4.90 Å². The zero-order valence-corrected chi connectivity index (χ0v) is 14.5. The van der Waals surface area contributed by atoms with E-state index in [0.717, 1.165) is 25.0 Å². The van der Waals surface area contributed by atoms with Crippen LogP contribution in [0.25, 0.3) is 5.57 Å². The highest BCUT2D eigenvalue weighted by Crippen LogP contribution is 2.40. The second-order valence-electron chi connectivity index (χ2n) is 7.51. The fourth-order valence-corrected chi connectivity index (χ4v) is 3.51. The molecule has 0 N–H and O–H groups in total. The predicted molar refractivity (Wildman–Crippen MR) is 88.6 cm³/mol. The summed E-state index contributed by atoms with van der Waals surface area (Å²) >= 11 is 0. The maximum absolute atomic E-state index is 14.3. The molecule has 4 nitrogen and oxygen atoms in total. The number of amides is 1. The summed E-state index contributed by atoms with van der Waals surface area (Å²) in [5.74, 6) is -1.35. The first-order valence-electron chi connectivity index (χ1n) is 8.31. The standard InChI is InChI=1S/C19H20F2N2O2/c1-19(2,3)25-18(24)23-13-4-5-14(23)7-11(6-13)15-9-16(20)12(10-22)8-17(15)21/h6,8-9,13-14H,4-5,7H2,1-3H3. The summed E-state index contributed by atoms with van der Waals surface area (Å²) in [4.78, 5) is 14.1. The van der Waals surface area contributed by atoms with Crippen molar-refractivity contribution < 1.29 is 18.3 Å². The molecule has 2 unspecified atom stereocenters. The number of carbonyl (C=O) groups excluding carboxylic acids is 1. The van der Waals surface area contributed by atoms with Gasteiger partial charge in [0.25, 0.3) is 0 Å².